The van der Waals surface area contributed by atoms with Gasteiger partial charge >= 0.3 is 0 Å². The minimum absolute atomic E-state index is 0.0675. The van der Waals surface area contributed by atoms with E-state index in [0.29, 0.717) is 35.3 Å². The van der Waals surface area contributed by atoms with Gasteiger partial charge in [-0.1, -0.05) is 13.8 Å². The molecule has 0 bridgehead atoms. The lowest BCUT2D eigenvalue weighted by atomic mass is 9.99. The lowest BCUT2D eigenvalue weighted by Crippen LogP contribution is -2.49. The highest BCUT2D eigenvalue weighted by Gasteiger charge is 2.35. The predicted octanol–water partition coefficient (Wildman–Crippen LogP) is 3.73. The number of carbonyl (C=O) groups excluding carboxylic acids is 1. The fourth-order valence-electron chi connectivity index (χ4n) is 4.23. The molecule has 35 heavy (non-hydrogen) atoms. The molecular formula is C24H29F2N7O2. The molecule has 1 aliphatic rings. The SMILES string of the molecule is CCOc1c(F)cc(Cn2cc(CNc3nc(C)c4c(n3)N(C)[C@@H](C(C)C)C(=O)N4)cn2)cc1F. The molecule has 1 amide bonds. The number of rotatable bonds is 8. The zero-order chi connectivity index (χ0) is 25.3. The van der Waals surface area contributed by atoms with E-state index in [2.05, 4.69) is 25.7 Å². The predicted molar refractivity (Wildman–Crippen MR) is 129 cm³/mol. The average molecular weight is 486 g/mol. The number of benzene rings is 1. The van der Waals surface area contributed by atoms with E-state index in [-0.39, 0.29) is 36.8 Å². The molecule has 0 aliphatic carbocycles. The molecule has 0 spiro atoms. The molecule has 2 N–H and O–H groups in total. The number of likely N-dealkylation sites (N-methyl/N-ethyl adjacent to an activating group) is 1. The fourth-order valence-corrected chi connectivity index (χ4v) is 4.23. The van der Waals surface area contributed by atoms with E-state index in [1.54, 1.807) is 24.0 Å². The number of carbonyl (C=O) groups is 1. The molecule has 1 aliphatic heterocycles. The van der Waals surface area contributed by atoms with Gasteiger partial charge < -0.3 is 20.3 Å². The third-order valence-corrected chi connectivity index (χ3v) is 5.80. The van der Waals surface area contributed by atoms with Crippen molar-refractivity contribution >= 4 is 23.4 Å². The van der Waals surface area contributed by atoms with Crippen LogP contribution in [-0.4, -0.2) is 45.4 Å². The van der Waals surface area contributed by atoms with Gasteiger partial charge in [-0.05, 0) is 37.5 Å². The molecule has 0 fully saturated rings. The Labute approximate surface area is 202 Å². The molecule has 0 saturated carbocycles. The van der Waals surface area contributed by atoms with Gasteiger partial charge in [-0.15, -0.1) is 0 Å². The van der Waals surface area contributed by atoms with Gasteiger partial charge in [0, 0.05) is 25.4 Å². The monoisotopic (exact) mass is 485 g/mol. The van der Waals surface area contributed by atoms with Crippen molar-refractivity contribution in [3.8, 4) is 5.75 Å². The molecule has 11 heteroatoms. The van der Waals surface area contributed by atoms with Crippen LogP contribution in [0.1, 0.15) is 37.6 Å². The number of amides is 1. The quantitative estimate of drug-likeness (QED) is 0.502. The Bertz CT molecular complexity index is 1220. The van der Waals surface area contributed by atoms with Gasteiger partial charge in [-0.3, -0.25) is 9.48 Å². The summed E-state index contributed by atoms with van der Waals surface area (Å²) < 4.78 is 34.9. The summed E-state index contributed by atoms with van der Waals surface area (Å²) in [5, 5.41) is 10.4. The Morgan fingerprint density at radius 3 is 2.57 bits per heavy atom. The summed E-state index contributed by atoms with van der Waals surface area (Å²) in [5.41, 5.74) is 2.56. The molecule has 0 radical (unpaired) electrons. The van der Waals surface area contributed by atoms with Gasteiger partial charge in [0.2, 0.25) is 11.9 Å². The van der Waals surface area contributed by atoms with Crippen LogP contribution in [0.25, 0.3) is 0 Å². The molecule has 2 aromatic heterocycles. The van der Waals surface area contributed by atoms with Crippen molar-refractivity contribution in [2.45, 2.75) is 46.8 Å². The van der Waals surface area contributed by atoms with Crippen LogP contribution >= 0.6 is 0 Å². The summed E-state index contributed by atoms with van der Waals surface area (Å²) in [6.07, 6.45) is 3.45. The minimum atomic E-state index is -0.739. The first-order chi connectivity index (χ1) is 16.7. The number of aromatic nitrogens is 4. The topological polar surface area (TPSA) is 97.2 Å². The van der Waals surface area contributed by atoms with Crippen molar-refractivity contribution < 1.29 is 18.3 Å². The number of hydrogen-bond donors (Lipinski definition) is 2. The van der Waals surface area contributed by atoms with Gasteiger partial charge in [0.15, 0.2) is 23.2 Å². The van der Waals surface area contributed by atoms with Crippen LogP contribution in [0.4, 0.5) is 26.2 Å². The highest BCUT2D eigenvalue weighted by molar-refractivity contribution is 6.03. The first-order valence-electron chi connectivity index (χ1n) is 11.5. The molecular weight excluding hydrogens is 456 g/mol. The second kappa shape index (κ2) is 9.85. The smallest absolute Gasteiger partial charge is 0.247 e. The third kappa shape index (κ3) is 5.03. The molecule has 186 valence electrons. The summed E-state index contributed by atoms with van der Waals surface area (Å²) in [5.74, 6) is -0.714. The van der Waals surface area contributed by atoms with Gasteiger partial charge in [-0.25, -0.2) is 13.8 Å². The zero-order valence-corrected chi connectivity index (χ0v) is 20.4. The largest absolute Gasteiger partial charge is 0.488 e. The molecule has 3 heterocycles. The summed E-state index contributed by atoms with van der Waals surface area (Å²) >= 11 is 0. The van der Waals surface area contributed by atoms with Crippen LogP contribution in [0.5, 0.6) is 5.75 Å². The molecule has 3 aromatic rings. The highest BCUT2D eigenvalue weighted by Crippen LogP contribution is 2.34. The van der Waals surface area contributed by atoms with E-state index in [9.17, 15) is 13.6 Å². The minimum Gasteiger partial charge on any atom is -0.488 e. The molecule has 0 saturated heterocycles. The van der Waals surface area contributed by atoms with E-state index in [1.807, 2.05) is 32.7 Å². The Morgan fingerprint density at radius 2 is 1.91 bits per heavy atom. The summed E-state index contributed by atoms with van der Waals surface area (Å²) in [6, 6.07) is 2.17. The second-order valence-corrected chi connectivity index (χ2v) is 8.84. The third-order valence-electron chi connectivity index (χ3n) is 5.80. The van der Waals surface area contributed by atoms with Crippen LogP contribution in [0, 0.1) is 24.5 Å². The van der Waals surface area contributed by atoms with E-state index in [1.165, 1.54) is 12.1 Å². The molecule has 1 aromatic carbocycles. The van der Waals surface area contributed by atoms with Gasteiger partial charge in [0.1, 0.15) is 11.7 Å². The number of halogens is 2. The van der Waals surface area contributed by atoms with E-state index in [4.69, 9.17) is 4.74 Å². The zero-order valence-electron chi connectivity index (χ0n) is 20.4. The standard InChI is InChI=1S/C24H29F2N7O2/c1-6-35-21-17(25)7-15(8-18(21)26)11-33-12-16(10-28-33)9-27-24-29-14(4)19-22(31-24)32(5)20(13(2)3)23(34)30-19/h7-8,10,12-13,20H,6,9,11H2,1-5H3,(H,30,34)(H,27,29,31)/t20-/m0/s1. The average Bonchev–Trinajstić information content (AvgIpc) is 3.22. The molecule has 4 rings (SSSR count). The lowest BCUT2D eigenvalue weighted by molar-refractivity contribution is -0.118. The Balaban J connectivity index is 1.45. The van der Waals surface area contributed by atoms with Crippen molar-refractivity contribution in [3.05, 3.63) is 53.0 Å². The first kappa shape index (κ1) is 24.4. The number of ether oxygens (including phenoxy) is 1. The van der Waals surface area contributed by atoms with Crippen LogP contribution in [0.2, 0.25) is 0 Å². The van der Waals surface area contributed by atoms with Gasteiger partial charge in [-0.2, -0.15) is 10.1 Å². The maximum absolute atomic E-state index is 14.1. The Morgan fingerprint density at radius 1 is 1.20 bits per heavy atom. The number of anilines is 3. The van der Waals surface area contributed by atoms with Crippen LogP contribution in [0.15, 0.2) is 24.5 Å². The second-order valence-electron chi connectivity index (χ2n) is 8.84. The summed E-state index contributed by atoms with van der Waals surface area (Å²) in [4.78, 5) is 23.5. The van der Waals surface area contributed by atoms with Crippen LogP contribution in [-0.2, 0) is 17.9 Å². The molecule has 1 atom stereocenters. The number of fused-ring (bicyclic) bond motifs is 1. The summed E-state index contributed by atoms with van der Waals surface area (Å²) in [6.45, 7) is 8.26. The van der Waals surface area contributed by atoms with E-state index in [0.717, 1.165) is 5.56 Å². The van der Waals surface area contributed by atoms with E-state index < -0.39 is 11.6 Å². The number of hydrogen-bond acceptors (Lipinski definition) is 7. The van der Waals surface area contributed by atoms with E-state index >= 15 is 0 Å². The number of nitrogens with zero attached hydrogens (tertiary/aromatic N) is 5. The molecule has 0 unspecified atom stereocenters. The normalized spacial score (nSPS) is 15.3. The lowest BCUT2D eigenvalue weighted by Gasteiger charge is -2.36. The van der Waals surface area contributed by atoms with Crippen molar-refractivity contribution in [1.82, 2.24) is 19.7 Å². The first-order valence-corrected chi connectivity index (χ1v) is 11.5. The summed E-state index contributed by atoms with van der Waals surface area (Å²) in [7, 11) is 1.86. The van der Waals surface area contributed by atoms with Crippen molar-refractivity contribution in [2.24, 2.45) is 5.92 Å². The Hall–Kier alpha value is -3.76. The van der Waals surface area contributed by atoms with Crippen LogP contribution < -0.4 is 20.3 Å². The Kier molecular flexibility index (Phi) is 6.86. The highest BCUT2D eigenvalue weighted by atomic mass is 19.1. The molecule has 9 nitrogen and oxygen atoms in total. The van der Waals surface area contributed by atoms with Gasteiger partial charge in [0.25, 0.3) is 0 Å². The fraction of sp³-hybridized carbons (Fsp3) is 0.417. The number of nitrogens with one attached hydrogen (secondary N) is 2. The van der Waals surface area contributed by atoms with Crippen LogP contribution in [0.3, 0.4) is 0 Å². The van der Waals surface area contributed by atoms with Gasteiger partial charge in [0.05, 0.1) is 25.0 Å². The maximum Gasteiger partial charge on any atom is 0.247 e. The maximum atomic E-state index is 14.1. The van der Waals surface area contributed by atoms with Crippen molar-refractivity contribution in [2.75, 3.05) is 29.2 Å². The van der Waals surface area contributed by atoms with Crippen molar-refractivity contribution in [1.29, 1.82) is 0 Å². The number of aryl methyl sites for hydroxylation is 1. The van der Waals surface area contributed by atoms with Crippen molar-refractivity contribution in [3.63, 3.8) is 0 Å².